The van der Waals surface area contributed by atoms with E-state index in [1.807, 2.05) is 6.92 Å². The van der Waals surface area contributed by atoms with E-state index in [1.165, 1.54) is 0 Å². The summed E-state index contributed by atoms with van der Waals surface area (Å²) in [4.78, 5) is 0.287. The summed E-state index contributed by atoms with van der Waals surface area (Å²) in [6.45, 7) is 2.91. The number of sulfonamides is 1. The molecule has 3 N–H and O–H groups in total. The highest BCUT2D eigenvalue weighted by atomic mass is 32.2. The molecule has 116 valence electrons. The first-order valence-electron chi connectivity index (χ1n) is 7.45. The van der Waals surface area contributed by atoms with Gasteiger partial charge in [-0.15, -0.1) is 0 Å². The first-order valence-corrected chi connectivity index (χ1v) is 8.93. The van der Waals surface area contributed by atoms with Gasteiger partial charge in [0.05, 0.1) is 17.0 Å². The number of benzene rings is 1. The normalized spacial score (nSPS) is 26.2. The lowest BCUT2D eigenvalue weighted by molar-refractivity contribution is 0.0848. The Hall–Kier alpha value is -0.950. The van der Waals surface area contributed by atoms with Crippen molar-refractivity contribution < 1.29 is 13.2 Å². The Morgan fingerprint density at radius 3 is 2.76 bits per heavy atom. The van der Waals surface area contributed by atoms with Gasteiger partial charge in [-0.3, -0.25) is 0 Å². The zero-order valence-corrected chi connectivity index (χ0v) is 13.0. The van der Waals surface area contributed by atoms with Gasteiger partial charge in [0.25, 0.3) is 0 Å². The van der Waals surface area contributed by atoms with Crippen LogP contribution in [-0.4, -0.2) is 27.2 Å². The van der Waals surface area contributed by atoms with Gasteiger partial charge in [-0.05, 0) is 55.4 Å². The fourth-order valence-electron chi connectivity index (χ4n) is 2.93. The highest BCUT2D eigenvalue weighted by Gasteiger charge is 2.42. The molecule has 2 aliphatic rings. The number of aryl methyl sites for hydroxylation is 1. The number of hydrogen-bond acceptors (Lipinski definition) is 4. The third kappa shape index (κ3) is 3.13. The van der Waals surface area contributed by atoms with Gasteiger partial charge in [-0.2, -0.15) is 0 Å². The van der Waals surface area contributed by atoms with Crippen molar-refractivity contribution in [2.24, 2.45) is 11.7 Å². The molecule has 2 unspecified atom stereocenters. The van der Waals surface area contributed by atoms with Gasteiger partial charge >= 0.3 is 0 Å². The lowest BCUT2D eigenvalue weighted by atomic mass is 10.1. The average Bonchev–Trinajstić information content (AvgIpc) is 3.20. The summed E-state index contributed by atoms with van der Waals surface area (Å²) in [7, 11) is -3.52. The molecule has 1 saturated heterocycles. The molecule has 5 nitrogen and oxygen atoms in total. The number of rotatable bonds is 5. The smallest absolute Gasteiger partial charge is 0.240 e. The SMILES string of the molecule is Cc1ccc(S(=O)(=O)NC2CCOC2C2CC2)cc1CN. The first kappa shape index (κ1) is 15.0. The molecule has 1 aliphatic carbocycles. The molecule has 1 aromatic carbocycles. The van der Waals surface area contributed by atoms with Gasteiger partial charge in [0.1, 0.15) is 0 Å². The quantitative estimate of drug-likeness (QED) is 0.859. The summed E-state index contributed by atoms with van der Waals surface area (Å²) < 4.78 is 33.6. The van der Waals surface area contributed by atoms with Crippen molar-refractivity contribution in [3.63, 3.8) is 0 Å². The third-order valence-corrected chi connectivity index (χ3v) is 5.87. The number of hydrogen-bond donors (Lipinski definition) is 2. The fraction of sp³-hybridized carbons (Fsp3) is 0.600. The van der Waals surface area contributed by atoms with Crippen LogP contribution in [0, 0.1) is 12.8 Å². The zero-order valence-electron chi connectivity index (χ0n) is 12.2. The molecule has 1 aliphatic heterocycles. The summed E-state index contributed by atoms with van der Waals surface area (Å²) in [6.07, 6.45) is 3.07. The predicted octanol–water partition coefficient (Wildman–Crippen LogP) is 1.30. The van der Waals surface area contributed by atoms with E-state index in [9.17, 15) is 8.42 Å². The second-order valence-electron chi connectivity index (χ2n) is 5.98. The van der Waals surface area contributed by atoms with Gasteiger partial charge in [0, 0.05) is 13.2 Å². The fourth-order valence-corrected chi connectivity index (χ4v) is 4.26. The molecular formula is C15H22N2O3S. The van der Waals surface area contributed by atoms with Crippen LogP contribution in [0.4, 0.5) is 0 Å². The molecule has 2 fully saturated rings. The van der Waals surface area contributed by atoms with Gasteiger partial charge in [-0.1, -0.05) is 6.07 Å². The van der Waals surface area contributed by atoms with Crippen molar-refractivity contribution in [1.82, 2.24) is 4.72 Å². The lowest BCUT2D eigenvalue weighted by Gasteiger charge is -2.19. The molecule has 0 bridgehead atoms. The Morgan fingerprint density at radius 1 is 1.33 bits per heavy atom. The van der Waals surface area contributed by atoms with E-state index in [1.54, 1.807) is 18.2 Å². The van der Waals surface area contributed by atoms with Gasteiger partial charge < -0.3 is 10.5 Å². The van der Waals surface area contributed by atoms with Gasteiger partial charge in [-0.25, -0.2) is 13.1 Å². The maximum Gasteiger partial charge on any atom is 0.240 e. The maximum atomic E-state index is 12.5. The van der Waals surface area contributed by atoms with Gasteiger partial charge in [0.15, 0.2) is 0 Å². The number of ether oxygens (including phenoxy) is 1. The largest absolute Gasteiger partial charge is 0.376 e. The van der Waals surface area contributed by atoms with E-state index in [-0.39, 0.29) is 17.0 Å². The second kappa shape index (κ2) is 5.68. The van der Waals surface area contributed by atoms with Gasteiger partial charge in [0.2, 0.25) is 10.0 Å². The van der Waals surface area contributed by atoms with Crippen molar-refractivity contribution in [3.8, 4) is 0 Å². The molecule has 21 heavy (non-hydrogen) atoms. The molecule has 2 atom stereocenters. The van der Waals surface area contributed by atoms with Crippen LogP contribution >= 0.6 is 0 Å². The van der Waals surface area contributed by atoms with Crippen molar-refractivity contribution in [2.75, 3.05) is 6.61 Å². The summed E-state index contributed by atoms with van der Waals surface area (Å²) >= 11 is 0. The Kier molecular flexibility index (Phi) is 4.05. The highest BCUT2D eigenvalue weighted by molar-refractivity contribution is 7.89. The Labute approximate surface area is 125 Å². The maximum absolute atomic E-state index is 12.5. The molecule has 1 saturated carbocycles. The van der Waals surface area contributed by atoms with Crippen LogP contribution in [0.25, 0.3) is 0 Å². The van der Waals surface area contributed by atoms with E-state index in [0.717, 1.165) is 30.4 Å². The predicted molar refractivity (Wildman–Crippen MR) is 80.3 cm³/mol. The number of nitrogens with two attached hydrogens (primary N) is 1. The Morgan fingerprint density at radius 2 is 2.10 bits per heavy atom. The Bertz CT molecular complexity index is 626. The van der Waals surface area contributed by atoms with Crippen molar-refractivity contribution >= 4 is 10.0 Å². The zero-order chi connectivity index (χ0) is 15.0. The van der Waals surface area contributed by atoms with Crippen LogP contribution in [0.15, 0.2) is 23.1 Å². The minimum Gasteiger partial charge on any atom is -0.376 e. The molecule has 0 radical (unpaired) electrons. The first-order chi connectivity index (χ1) is 10.0. The van der Waals surface area contributed by atoms with Crippen LogP contribution in [0.5, 0.6) is 0 Å². The standard InChI is InChI=1S/C15H22N2O3S/c1-10-2-5-13(8-12(10)9-16)21(18,19)17-14-6-7-20-15(14)11-3-4-11/h2,5,8,11,14-15,17H,3-4,6-7,9,16H2,1H3. The van der Waals surface area contributed by atoms with Crippen LogP contribution in [0.2, 0.25) is 0 Å². The summed E-state index contributed by atoms with van der Waals surface area (Å²) in [5, 5.41) is 0. The molecule has 1 heterocycles. The van der Waals surface area contributed by atoms with Crippen LogP contribution in [0.3, 0.4) is 0 Å². The summed E-state index contributed by atoms with van der Waals surface area (Å²) in [6, 6.07) is 5.00. The third-order valence-electron chi connectivity index (χ3n) is 4.38. The molecule has 0 amide bonds. The molecule has 0 aromatic heterocycles. The lowest BCUT2D eigenvalue weighted by Crippen LogP contribution is -2.41. The van der Waals surface area contributed by atoms with Crippen molar-refractivity contribution in [1.29, 1.82) is 0 Å². The van der Waals surface area contributed by atoms with E-state index in [4.69, 9.17) is 10.5 Å². The molecule has 6 heteroatoms. The summed E-state index contributed by atoms with van der Waals surface area (Å²) in [5.41, 5.74) is 7.53. The van der Waals surface area contributed by atoms with Crippen LogP contribution in [0.1, 0.15) is 30.4 Å². The van der Waals surface area contributed by atoms with E-state index >= 15 is 0 Å². The molecule has 3 rings (SSSR count). The Balaban J connectivity index is 1.80. The van der Waals surface area contributed by atoms with Crippen molar-refractivity contribution in [2.45, 2.75) is 49.8 Å². The number of nitrogens with one attached hydrogen (secondary N) is 1. The monoisotopic (exact) mass is 310 g/mol. The highest BCUT2D eigenvalue weighted by Crippen LogP contribution is 2.39. The molecular weight excluding hydrogens is 288 g/mol. The molecule has 0 spiro atoms. The van der Waals surface area contributed by atoms with E-state index < -0.39 is 10.0 Å². The van der Waals surface area contributed by atoms with Crippen LogP contribution in [-0.2, 0) is 21.3 Å². The average molecular weight is 310 g/mol. The van der Waals surface area contributed by atoms with Crippen LogP contribution < -0.4 is 10.5 Å². The second-order valence-corrected chi connectivity index (χ2v) is 7.70. The minimum absolute atomic E-state index is 0.0409. The van der Waals surface area contributed by atoms with E-state index in [2.05, 4.69) is 4.72 Å². The minimum atomic E-state index is -3.52. The van der Waals surface area contributed by atoms with E-state index in [0.29, 0.717) is 19.1 Å². The molecule has 1 aromatic rings. The topological polar surface area (TPSA) is 81.4 Å². The summed E-state index contributed by atoms with van der Waals surface area (Å²) in [5.74, 6) is 0.526. The van der Waals surface area contributed by atoms with Crippen molar-refractivity contribution in [3.05, 3.63) is 29.3 Å².